The average molecular weight is 424 g/mol. The molecule has 5 nitrogen and oxygen atoms in total. The molecule has 164 valence electrons. The number of hydrogen-bond acceptors (Lipinski definition) is 3. The molecule has 1 aliphatic carbocycles. The SMILES string of the molecule is Cc1[nH]c2c(C)cccc2c1CCNC(=O)[C@H]1CCCC[C@H]1C(=O)OCC(F)(F)F. The Balaban J connectivity index is 1.60. The van der Waals surface area contributed by atoms with E-state index in [1.54, 1.807) is 0 Å². The monoisotopic (exact) mass is 424 g/mol. The van der Waals surface area contributed by atoms with Crippen molar-refractivity contribution < 1.29 is 27.5 Å². The number of carbonyl (C=O) groups excluding carboxylic acids is 2. The predicted octanol–water partition coefficient (Wildman–Crippen LogP) is 4.36. The molecule has 3 rings (SSSR count). The van der Waals surface area contributed by atoms with Crippen molar-refractivity contribution in [2.24, 2.45) is 11.8 Å². The first-order valence-electron chi connectivity index (χ1n) is 10.2. The number of benzene rings is 1. The molecule has 1 aliphatic rings. The Hall–Kier alpha value is -2.51. The summed E-state index contributed by atoms with van der Waals surface area (Å²) < 4.78 is 41.5. The number of carbonyl (C=O) groups is 2. The highest BCUT2D eigenvalue weighted by Crippen LogP contribution is 2.32. The lowest BCUT2D eigenvalue weighted by atomic mass is 9.78. The van der Waals surface area contributed by atoms with Crippen LogP contribution in [0.25, 0.3) is 10.9 Å². The van der Waals surface area contributed by atoms with Gasteiger partial charge >= 0.3 is 12.1 Å². The standard InChI is InChI=1S/C22H27F3N2O3/c1-13-6-5-9-16-15(14(2)27-19(13)16)10-11-26-20(28)17-7-3-4-8-18(17)21(29)30-12-22(23,24)25/h5-6,9,17-18,27H,3-4,7-8,10-12H2,1-2H3,(H,26,28)/t17-,18+/m0/s1. The molecule has 1 heterocycles. The van der Waals surface area contributed by atoms with Crippen molar-refractivity contribution in [3.05, 3.63) is 35.0 Å². The van der Waals surface area contributed by atoms with Crippen LogP contribution in [-0.4, -0.2) is 36.2 Å². The fourth-order valence-corrected chi connectivity index (χ4v) is 4.30. The molecule has 0 radical (unpaired) electrons. The Morgan fingerprint density at radius 3 is 2.57 bits per heavy atom. The zero-order valence-electron chi connectivity index (χ0n) is 17.2. The largest absolute Gasteiger partial charge is 0.456 e. The Labute approximate surface area is 173 Å². The van der Waals surface area contributed by atoms with Gasteiger partial charge in [0, 0.05) is 23.1 Å². The Morgan fingerprint density at radius 1 is 1.17 bits per heavy atom. The minimum Gasteiger partial charge on any atom is -0.456 e. The second-order valence-electron chi connectivity index (χ2n) is 7.99. The second kappa shape index (κ2) is 9.10. The number of hydrogen-bond donors (Lipinski definition) is 2. The van der Waals surface area contributed by atoms with Crippen molar-refractivity contribution in [1.29, 1.82) is 0 Å². The van der Waals surface area contributed by atoms with Gasteiger partial charge in [-0.25, -0.2) is 0 Å². The molecule has 0 saturated heterocycles. The zero-order valence-corrected chi connectivity index (χ0v) is 17.2. The summed E-state index contributed by atoms with van der Waals surface area (Å²) in [5.74, 6) is -2.70. The summed E-state index contributed by atoms with van der Waals surface area (Å²) >= 11 is 0. The number of ether oxygens (including phenoxy) is 1. The van der Waals surface area contributed by atoms with Crippen LogP contribution in [0.3, 0.4) is 0 Å². The number of aromatic nitrogens is 1. The van der Waals surface area contributed by atoms with E-state index in [2.05, 4.69) is 15.0 Å². The topological polar surface area (TPSA) is 71.2 Å². The Bertz CT molecular complexity index is 920. The highest BCUT2D eigenvalue weighted by atomic mass is 19.4. The summed E-state index contributed by atoms with van der Waals surface area (Å²) in [6.45, 7) is 2.80. The van der Waals surface area contributed by atoms with Crippen LogP contribution < -0.4 is 5.32 Å². The van der Waals surface area contributed by atoms with Crippen LogP contribution in [0.5, 0.6) is 0 Å². The molecule has 2 atom stereocenters. The van der Waals surface area contributed by atoms with Crippen molar-refractivity contribution >= 4 is 22.8 Å². The van der Waals surface area contributed by atoms with E-state index in [9.17, 15) is 22.8 Å². The molecule has 8 heteroatoms. The molecular formula is C22H27F3N2O3. The van der Waals surface area contributed by atoms with Crippen molar-refractivity contribution in [2.75, 3.05) is 13.2 Å². The number of para-hydroxylation sites is 1. The first-order valence-corrected chi connectivity index (χ1v) is 10.2. The van der Waals surface area contributed by atoms with Gasteiger partial charge in [0.25, 0.3) is 0 Å². The number of amides is 1. The maximum absolute atomic E-state index is 12.7. The smallest absolute Gasteiger partial charge is 0.422 e. The molecule has 1 aromatic carbocycles. The number of nitrogens with one attached hydrogen (secondary N) is 2. The average Bonchev–Trinajstić information content (AvgIpc) is 3.02. The lowest BCUT2D eigenvalue weighted by Crippen LogP contribution is -2.41. The van der Waals surface area contributed by atoms with E-state index < -0.39 is 30.6 Å². The molecule has 1 aromatic heterocycles. The predicted molar refractivity (Wildman–Crippen MR) is 107 cm³/mol. The molecule has 0 aliphatic heterocycles. The Kier molecular flexibility index (Phi) is 6.73. The number of alkyl halides is 3. The molecule has 1 amide bonds. The highest BCUT2D eigenvalue weighted by Gasteiger charge is 2.38. The molecular weight excluding hydrogens is 397 g/mol. The molecule has 1 saturated carbocycles. The summed E-state index contributed by atoms with van der Waals surface area (Å²) in [7, 11) is 0. The van der Waals surface area contributed by atoms with Gasteiger partial charge in [0.2, 0.25) is 5.91 Å². The molecule has 1 fully saturated rings. The van der Waals surface area contributed by atoms with Gasteiger partial charge in [-0.2, -0.15) is 13.2 Å². The number of aromatic amines is 1. The molecule has 0 bridgehead atoms. The van der Waals surface area contributed by atoms with E-state index >= 15 is 0 Å². The summed E-state index contributed by atoms with van der Waals surface area (Å²) in [6, 6.07) is 6.06. The van der Waals surface area contributed by atoms with E-state index in [1.807, 2.05) is 32.0 Å². The molecule has 30 heavy (non-hydrogen) atoms. The van der Waals surface area contributed by atoms with E-state index in [-0.39, 0.29) is 5.91 Å². The molecule has 0 unspecified atom stereocenters. The summed E-state index contributed by atoms with van der Waals surface area (Å²) in [6.07, 6.45) is -1.64. The summed E-state index contributed by atoms with van der Waals surface area (Å²) in [5, 5.41) is 3.99. The Morgan fingerprint density at radius 2 is 1.87 bits per heavy atom. The minimum atomic E-state index is -4.57. The second-order valence-corrected chi connectivity index (χ2v) is 7.99. The van der Waals surface area contributed by atoms with Gasteiger partial charge in [-0.05, 0) is 44.2 Å². The lowest BCUT2D eigenvalue weighted by molar-refractivity contribution is -0.191. The number of aryl methyl sites for hydroxylation is 2. The maximum atomic E-state index is 12.7. The molecule has 0 spiro atoms. The molecule has 2 aromatic rings. The van der Waals surface area contributed by atoms with Gasteiger partial charge < -0.3 is 15.0 Å². The quantitative estimate of drug-likeness (QED) is 0.677. The fourth-order valence-electron chi connectivity index (χ4n) is 4.30. The fraction of sp³-hybridized carbons (Fsp3) is 0.545. The zero-order chi connectivity index (χ0) is 21.9. The van der Waals surface area contributed by atoms with Gasteiger partial charge in [0.05, 0.1) is 11.8 Å². The van der Waals surface area contributed by atoms with E-state index in [0.29, 0.717) is 32.2 Å². The lowest BCUT2D eigenvalue weighted by Gasteiger charge is -2.29. The minimum absolute atomic E-state index is 0.294. The van der Waals surface area contributed by atoms with Crippen molar-refractivity contribution in [3.8, 4) is 0 Å². The number of esters is 1. The number of H-pyrrole nitrogens is 1. The molecule has 2 N–H and O–H groups in total. The summed E-state index contributed by atoms with van der Waals surface area (Å²) in [4.78, 5) is 28.2. The number of halogens is 3. The van der Waals surface area contributed by atoms with E-state index in [0.717, 1.165) is 34.1 Å². The first-order chi connectivity index (χ1) is 14.2. The third-order valence-electron chi connectivity index (χ3n) is 5.82. The van der Waals surface area contributed by atoms with Crippen LogP contribution >= 0.6 is 0 Å². The first kappa shape index (κ1) is 22.2. The van der Waals surface area contributed by atoms with Gasteiger partial charge in [0.1, 0.15) is 0 Å². The third kappa shape index (κ3) is 5.15. The third-order valence-corrected chi connectivity index (χ3v) is 5.82. The highest BCUT2D eigenvalue weighted by molar-refractivity contribution is 5.88. The van der Waals surface area contributed by atoms with Gasteiger partial charge in [-0.3, -0.25) is 9.59 Å². The van der Waals surface area contributed by atoms with E-state index in [1.165, 1.54) is 0 Å². The maximum Gasteiger partial charge on any atom is 0.422 e. The van der Waals surface area contributed by atoms with Crippen LogP contribution in [0.15, 0.2) is 18.2 Å². The van der Waals surface area contributed by atoms with Gasteiger partial charge in [-0.1, -0.05) is 31.0 Å². The van der Waals surface area contributed by atoms with Crippen molar-refractivity contribution in [1.82, 2.24) is 10.3 Å². The van der Waals surface area contributed by atoms with Crippen LogP contribution in [0.1, 0.15) is 42.5 Å². The van der Waals surface area contributed by atoms with Crippen LogP contribution in [0.4, 0.5) is 13.2 Å². The van der Waals surface area contributed by atoms with Crippen molar-refractivity contribution in [3.63, 3.8) is 0 Å². The van der Waals surface area contributed by atoms with Crippen LogP contribution in [0, 0.1) is 25.7 Å². The number of fused-ring (bicyclic) bond motifs is 1. The number of rotatable bonds is 6. The normalized spacial score (nSPS) is 19.6. The van der Waals surface area contributed by atoms with E-state index in [4.69, 9.17) is 0 Å². The van der Waals surface area contributed by atoms with Gasteiger partial charge in [-0.15, -0.1) is 0 Å². The van der Waals surface area contributed by atoms with Crippen LogP contribution in [0.2, 0.25) is 0 Å². The summed E-state index contributed by atoms with van der Waals surface area (Å²) in [5.41, 5.74) is 4.39. The van der Waals surface area contributed by atoms with Crippen LogP contribution in [-0.2, 0) is 20.7 Å². The van der Waals surface area contributed by atoms with Crippen molar-refractivity contribution in [2.45, 2.75) is 52.1 Å². The van der Waals surface area contributed by atoms with Gasteiger partial charge in [0.15, 0.2) is 6.61 Å².